The van der Waals surface area contributed by atoms with E-state index in [1.165, 1.54) is 38.7 Å². The van der Waals surface area contributed by atoms with Gasteiger partial charge in [0.15, 0.2) is 5.75 Å². The molecule has 0 radical (unpaired) electrons. The quantitative estimate of drug-likeness (QED) is 0.303. The van der Waals surface area contributed by atoms with Crippen LogP contribution in [0.15, 0.2) is 67.1 Å². The molecule has 154 valence electrons. The van der Waals surface area contributed by atoms with Crippen LogP contribution >= 0.6 is 0 Å². The van der Waals surface area contributed by atoms with Crippen LogP contribution in [0.25, 0.3) is 5.57 Å². The zero-order valence-electron chi connectivity index (χ0n) is 16.4. The lowest BCUT2D eigenvalue weighted by Gasteiger charge is -2.13. The molecule has 2 aromatic carbocycles. The molecule has 3 aromatic rings. The Morgan fingerprint density at radius 1 is 1.17 bits per heavy atom. The normalized spacial score (nSPS) is 11.1. The van der Waals surface area contributed by atoms with E-state index in [1.807, 2.05) is 30.3 Å². The minimum absolute atomic E-state index is 0.119. The van der Waals surface area contributed by atoms with Crippen LogP contribution in [0.1, 0.15) is 16.7 Å². The Morgan fingerprint density at radius 2 is 1.93 bits per heavy atom. The van der Waals surface area contributed by atoms with Gasteiger partial charge in [0.25, 0.3) is 0 Å². The van der Waals surface area contributed by atoms with Gasteiger partial charge >= 0.3 is 5.69 Å². The van der Waals surface area contributed by atoms with Crippen molar-refractivity contribution >= 4 is 11.3 Å². The summed E-state index contributed by atoms with van der Waals surface area (Å²) in [6, 6.07) is 15.0. The third kappa shape index (κ3) is 4.72. The molecule has 0 saturated heterocycles. The fourth-order valence-electron chi connectivity index (χ4n) is 2.87. The summed E-state index contributed by atoms with van der Waals surface area (Å²) in [5.41, 5.74) is 1.74. The average Bonchev–Trinajstić information content (AvgIpc) is 2.76. The highest BCUT2D eigenvalue weighted by molar-refractivity contribution is 5.82. The van der Waals surface area contributed by atoms with Crippen molar-refractivity contribution in [3.8, 4) is 11.6 Å². The lowest BCUT2D eigenvalue weighted by Crippen LogP contribution is -2.01. The van der Waals surface area contributed by atoms with Crippen LogP contribution in [-0.2, 0) is 11.3 Å². The summed E-state index contributed by atoms with van der Waals surface area (Å²) >= 11 is 0. The predicted molar refractivity (Wildman–Crippen MR) is 109 cm³/mol. The second kappa shape index (κ2) is 9.51. The summed E-state index contributed by atoms with van der Waals surface area (Å²) in [5.74, 6) is -0.300. The number of ether oxygens (including phenoxy) is 3. The maximum Gasteiger partial charge on any atom is 0.311 e. The Labute approximate surface area is 172 Å². The van der Waals surface area contributed by atoms with Gasteiger partial charge in [0, 0.05) is 11.6 Å². The number of nitro groups is 1. The molecule has 8 heteroatoms. The largest absolute Gasteiger partial charge is 0.504 e. The van der Waals surface area contributed by atoms with Gasteiger partial charge in [0.1, 0.15) is 12.4 Å². The van der Waals surface area contributed by atoms with E-state index >= 15 is 0 Å². The molecule has 1 aromatic heterocycles. The molecule has 3 rings (SSSR count). The maximum atomic E-state index is 13.8. The first-order valence-corrected chi connectivity index (χ1v) is 8.92. The van der Waals surface area contributed by atoms with E-state index in [0.29, 0.717) is 16.7 Å². The summed E-state index contributed by atoms with van der Waals surface area (Å²) in [6.07, 6.45) is 2.37. The van der Waals surface area contributed by atoms with Crippen LogP contribution in [0.5, 0.6) is 11.6 Å². The molecule has 0 aliphatic carbocycles. The van der Waals surface area contributed by atoms with Gasteiger partial charge in [-0.1, -0.05) is 36.4 Å². The maximum absolute atomic E-state index is 13.8. The van der Waals surface area contributed by atoms with Gasteiger partial charge < -0.3 is 14.2 Å². The van der Waals surface area contributed by atoms with Crippen LogP contribution in [0, 0.1) is 15.9 Å². The molecule has 0 N–H and O–H groups in total. The number of hydrogen-bond acceptors (Lipinski definition) is 6. The van der Waals surface area contributed by atoms with Crippen LogP contribution in [-0.4, -0.2) is 24.1 Å². The van der Waals surface area contributed by atoms with Crippen molar-refractivity contribution in [3.63, 3.8) is 0 Å². The zero-order chi connectivity index (χ0) is 21.5. The minimum Gasteiger partial charge on any atom is -0.504 e. The molecule has 7 nitrogen and oxygen atoms in total. The van der Waals surface area contributed by atoms with Gasteiger partial charge in [0.2, 0.25) is 5.88 Å². The van der Waals surface area contributed by atoms with E-state index in [-0.39, 0.29) is 23.9 Å². The molecule has 0 unspecified atom stereocenters. The van der Waals surface area contributed by atoms with E-state index in [1.54, 1.807) is 6.07 Å². The van der Waals surface area contributed by atoms with Crippen LogP contribution in [0.3, 0.4) is 0 Å². The van der Waals surface area contributed by atoms with Gasteiger partial charge in [-0.25, -0.2) is 9.37 Å². The SMILES string of the molecule is CO/C=C(/c1ccc(OCc2ccccc2)c([N+](=O)[O-])c1)c1cc(F)cnc1OC. The number of nitrogens with zero attached hydrogens (tertiary/aromatic N) is 2. The number of pyridine rings is 1. The minimum atomic E-state index is -0.579. The lowest BCUT2D eigenvalue weighted by atomic mass is 9.99. The fourth-order valence-corrected chi connectivity index (χ4v) is 2.87. The standard InChI is InChI=1S/C22H19FN2O5/c1-28-14-19(18-11-17(23)12-24-22(18)29-2)16-8-9-21(20(10-16)25(26)27)30-13-15-6-4-3-5-7-15/h3-12,14H,13H2,1-2H3/b19-14-. The molecule has 0 aliphatic heterocycles. The summed E-state index contributed by atoms with van der Waals surface area (Å²) < 4.78 is 29.8. The van der Waals surface area contributed by atoms with Crippen molar-refractivity contribution in [2.45, 2.75) is 6.61 Å². The average molecular weight is 410 g/mol. The number of methoxy groups -OCH3 is 2. The summed E-state index contributed by atoms with van der Waals surface area (Å²) in [7, 11) is 2.82. The molecular weight excluding hydrogens is 391 g/mol. The van der Waals surface area contributed by atoms with E-state index in [4.69, 9.17) is 14.2 Å². The van der Waals surface area contributed by atoms with E-state index in [0.717, 1.165) is 11.8 Å². The zero-order valence-corrected chi connectivity index (χ0v) is 16.4. The summed E-state index contributed by atoms with van der Waals surface area (Å²) in [4.78, 5) is 15.0. The number of rotatable bonds is 8. The third-order valence-corrected chi connectivity index (χ3v) is 4.24. The lowest BCUT2D eigenvalue weighted by molar-refractivity contribution is -0.386. The van der Waals surface area contributed by atoms with Crippen molar-refractivity contribution in [2.24, 2.45) is 0 Å². The Bertz CT molecular complexity index is 1070. The third-order valence-electron chi connectivity index (χ3n) is 4.24. The highest BCUT2D eigenvalue weighted by atomic mass is 19.1. The van der Waals surface area contributed by atoms with Crippen molar-refractivity contribution in [1.29, 1.82) is 0 Å². The number of aromatic nitrogens is 1. The Hall–Kier alpha value is -3.94. The monoisotopic (exact) mass is 410 g/mol. The van der Waals surface area contributed by atoms with E-state index < -0.39 is 10.7 Å². The van der Waals surface area contributed by atoms with Gasteiger partial charge in [-0.15, -0.1) is 0 Å². The molecule has 0 bridgehead atoms. The highest BCUT2D eigenvalue weighted by Gasteiger charge is 2.21. The molecule has 0 fully saturated rings. The molecule has 0 aliphatic rings. The van der Waals surface area contributed by atoms with Crippen LogP contribution in [0.2, 0.25) is 0 Å². The first kappa shape index (κ1) is 20.8. The molecule has 0 amide bonds. The van der Waals surface area contributed by atoms with Crippen molar-refractivity contribution in [3.05, 3.63) is 99.7 Å². The molecule has 30 heavy (non-hydrogen) atoms. The van der Waals surface area contributed by atoms with Crippen molar-refractivity contribution in [2.75, 3.05) is 14.2 Å². The van der Waals surface area contributed by atoms with Gasteiger partial charge in [0.05, 0.1) is 37.2 Å². The van der Waals surface area contributed by atoms with E-state index in [2.05, 4.69) is 4.98 Å². The highest BCUT2D eigenvalue weighted by Crippen LogP contribution is 2.36. The fraction of sp³-hybridized carbons (Fsp3) is 0.136. The molecule has 0 spiro atoms. The number of benzene rings is 2. The summed E-state index contributed by atoms with van der Waals surface area (Å²) in [5, 5.41) is 11.7. The second-order valence-electron chi connectivity index (χ2n) is 6.19. The molecule has 1 heterocycles. The molecular formula is C22H19FN2O5. The van der Waals surface area contributed by atoms with Crippen molar-refractivity contribution < 1.29 is 23.5 Å². The van der Waals surface area contributed by atoms with Crippen LogP contribution < -0.4 is 9.47 Å². The first-order valence-electron chi connectivity index (χ1n) is 8.92. The summed E-state index contributed by atoms with van der Waals surface area (Å²) in [6.45, 7) is 0.184. The van der Waals surface area contributed by atoms with Gasteiger partial charge in [-0.3, -0.25) is 10.1 Å². The first-order chi connectivity index (χ1) is 14.5. The molecule has 0 saturated carbocycles. The molecule has 0 atom stereocenters. The number of nitro benzene ring substituents is 1. The smallest absolute Gasteiger partial charge is 0.311 e. The second-order valence-corrected chi connectivity index (χ2v) is 6.19. The number of hydrogen-bond donors (Lipinski definition) is 0. The van der Waals surface area contributed by atoms with Crippen molar-refractivity contribution in [1.82, 2.24) is 4.98 Å². The Morgan fingerprint density at radius 3 is 2.60 bits per heavy atom. The van der Waals surface area contributed by atoms with E-state index in [9.17, 15) is 14.5 Å². The topological polar surface area (TPSA) is 83.7 Å². The van der Waals surface area contributed by atoms with Gasteiger partial charge in [-0.2, -0.15) is 0 Å². The predicted octanol–water partition coefficient (Wildman–Crippen LogP) is 4.75. The Kier molecular flexibility index (Phi) is 6.59. The van der Waals surface area contributed by atoms with Crippen LogP contribution in [0.4, 0.5) is 10.1 Å². The number of halogens is 1. The van der Waals surface area contributed by atoms with Gasteiger partial charge in [-0.05, 0) is 23.3 Å². The Balaban J connectivity index is 2.00.